The Bertz CT molecular complexity index is 1360. The number of likely N-dealkylation sites (tertiary alicyclic amines) is 1. The Kier molecular flexibility index (Phi) is 15.7. The highest BCUT2D eigenvalue weighted by atomic mass is 19.4. The number of carbonyl (C=O) groups is 4. The molecular weight excluding hydrogens is 689 g/mol. The Morgan fingerprint density at radius 1 is 0.796 bits per heavy atom. The number of aliphatic carboxylic acids is 3. The number of hydrogen-bond acceptors (Lipinski definition) is 8. The third kappa shape index (κ3) is 15.0. The summed E-state index contributed by atoms with van der Waals surface area (Å²) in [6.45, 7) is 4.58. The molecule has 0 saturated carbocycles. The molecule has 12 nitrogen and oxygen atoms in total. The topological polar surface area (TPSA) is 164 Å². The van der Waals surface area contributed by atoms with Gasteiger partial charge in [0.15, 0.2) is 0 Å². The van der Waals surface area contributed by atoms with Gasteiger partial charge in [0, 0.05) is 71.3 Å². The summed E-state index contributed by atoms with van der Waals surface area (Å²) in [5.41, 5.74) is 4.35. The molecule has 0 spiro atoms. The maximum Gasteiger partial charge on any atom is 0.490 e. The quantitative estimate of drug-likeness (QED) is 0.386. The minimum atomic E-state index is -5.08. The number of amides is 1. The fourth-order valence-corrected chi connectivity index (χ4v) is 4.17. The molecule has 49 heavy (non-hydrogen) atoms. The Balaban J connectivity index is 0.000000467. The van der Waals surface area contributed by atoms with Gasteiger partial charge in [-0.3, -0.25) is 14.7 Å². The Morgan fingerprint density at radius 2 is 1.27 bits per heavy atom. The van der Waals surface area contributed by atoms with E-state index in [1.54, 1.807) is 0 Å². The SMILES string of the molecule is CN(C)c1nc2c(cc1C(=O)N1CCCC1)CCN(Cc1cccnc1)CC2.O=C(O)C(F)(F)F.O=C(O)C(F)(F)F.O=C(O)C(F)(F)F. The number of anilines is 1. The number of hydrogen-bond donors (Lipinski definition) is 3. The van der Waals surface area contributed by atoms with Crippen LogP contribution in [0.1, 0.15) is 40.0 Å². The zero-order valence-corrected chi connectivity index (χ0v) is 25.9. The lowest BCUT2D eigenvalue weighted by Crippen LogP contribution is -2.30. The summed E-state index contributed by atoms with van der Waals surface area (Å²) in [5, 5.41) is 21.4. The average molecular weight is 722 g/mol. The first kappa shape index (κ1) is 42.3. The fourth-order valence-electron chi connectivity index (χ4n) is 4.17. The summed E-state index contributed by atoms with van der Waals surface area (Å²) in [5.74, 6) is -7.34. The second-order valence-electron chi connectivity index (χ2n) is 10.4. The molecule has 0 atom stereocenters. The molecule has 0 aliphatic carbocycles. The normalized spacial score (nSPS) is 14.7. The van der Waals surface area contributed by atoms with E-state index in [9.17, 15) is 44.3 Å². The van der Waals surface area contributed by atoms with Gasteiger partial charge in [0.25, 0.3) is 5.91 Å². The molecular formula is C28H32F9N5O7. The summed E-state index contributed by atoms with van der Waals surface area (Å²) in [6.07, 6.45) is -7.46. The number of nitrogens with zero attached hydrogens (tertiary/aromatic N) is 5. The molecule has 2 aromatic heterocycles. The molecule has 1 saturated heterocycles. The van der Waals surface area contributed by atoms with Crippen molar-refractivity contribution >= 4 is 29.6 Å². The van der Waals surface area contributed by atoms with Crippen molar-refractivity contribution in [3.05, 3.63) is 53.0 Å². The number of carboxylic acid groups (broad SMARTS) is 3. The monoisotopic (exact) mass is 721 g/mol. The molecule has 4 rings (SSSR count). The van der Waals surface area contributed by atoms with E-state index in [1.165, 1.54) is 11.1 Å². The number of carbonyl (C=O) groups excluding carboxylic acids is 1. The molecule has 1 fully saturated rings. The standard InChI is InChI=1S/C22H29N5O.3C2HF3O2/c1-25(2)21-19(22(28)27-10-3-4-11-27)14-18-7-12-26(13-8-20(18)24-21)16-17-6-5-9-23-15-17;3*3-2(4,5)1(6)7/h5-6,9,14-15H,3-4,7-8,10-13,16H2,1-2H3;3*(H,6,7). The van der Waals surface area contributed by atoms with Crippen molar-refractivity contribution in [1.82, 2.24) is 19.8 Å². The molecule has 2 aliphatic rings. The first-order valence-corrected chi connectivity index (χ1v) is 14.0. The van der Waals surface area contributed by atoms with E-state index in [2.05, 4.69) is 22.0 Å². The van der Waals surface area contributed by atoms with E-state index in [4.69, 9.17) is 34.7 Å². The van der Waals surface area contributed by atoms with Crippen molar-refractivity contribution in [2.75, 3.05) is 45.2 Å². The second-order valence-corrected chi connectivity index (χ2v) is 10.4. The first-order chi connectivity index (χ1) is 22.4. The van der Waals surface area contributed by atoms with Crippen LogP contribution in [0.15, 0.2) is 30.6 Å². The van der Waals surface area contributed by atoms with Crippen molar-refractivity contribution < 1.29 is 74.0 Å². The molecule has 0 radical (unpaired) electrons. The van der Waals surface area contributed by atoms with Gasteiger partial charge < -0.3 is 25.1 Å². The molecule has 3 N–H and O–H groups in total. The van der Waals surface area contributed by atoms with Gasteiger partial charge in [-0.1, -0.05) is 6.07 Å². The summed E-state index contributed by atoms with van der Waals surface area (Å²) in [7, 11) is 3.95. The fraction of sp³-hybridized carbons (Fsp3) is 0.500. The van der Waals surface area contributed by atoms with Crippen LogP contribution in [0.5, 0.6) is 0 Å². The van der Waals surface area contributed by atoms with Crippen LogP contribution in [-0.2, 0) is 33.8 Å². The second kappa shape index (κ2) is 18.2. The van der Waals surface area contributed by atoms with Gasteiger partial charge in [-0.05, 0) is 42.5 Å². The molecule has 2 aromatic rings. The lowest BCUT2D eigenvalue weighted by atomic mass is 10.0. The number of carboxylic acids is 3. The molecule has 21 heteroatoms. The lowest BCUT2D eigenvalue weighted by Gasteiger charge is -2.22. The molecule has 0 aromatic carbocycles. The molecule has 274 valence electrons. The minimum Gasteiger partial charge on any atom is -0.475 e. The van der Waals surface area contributed by atoms with Gasteiger partial charge in [-0.15, -0.1) is 0 Å². The van der Waals surface area contributed by atoms with Crippen LogP contribution in [0.4, 0.5) is 45.3 Å². The van der Waals surface area contributed by atoms with Crippen LogP contribution in [0.3, 0.4) is 0 Å². The zero-order valence-electron chi connectivity index (χ0n) is 25.9. The van der Waals surface area contributed by atoms with Crippen LogP contribution in [0.25, 0.3) is 0 Å². The highest BCUT2D eigenvalue weighted by molar-refractivity contribution is 5.99. The van der Waals surface area contributed by atoms with Crippen molar-refractivity contribution in [2.24, 2.45) is 0 Å². The number of aromatic nitrogens is 2. The van der Waals surface area contributed by atoms with Crippen LogP contribution in [-0.4, -0.2) is 118 Å². The number of rotatable bonds is 4. The summed E-state index contributed by atoms with van der Waals surface area (Å²) < 4.78 is 95.2. The third-order valence-corrected chi connectivity index (χ3v) is 6.44. The van der Waals surface area contributed by atoms with Gasteiger partial charge in [0.2, 0.25) is 0 Å². The van der Waals surface area contributed by atoms with E-state index in [0.717, 1.165) is 75.5 Å². The van der Waals surface area contributed by atoms with E-state index >= 15 is 0 Å². The van der Waals surface area contributed by atoms with Crippen molar-refractivity contribution in [3.8, 4) is 0 Å². The predicted octanol–water partition coefficient (Wildman–Crippen LogP) is 4.28. The highest BCUT2D eigenvalue weighted by Crippen LogP contribution is 2.26. The molecule has 4 heterocycles. The minimum absolute atomic E-state index is 0.132. The maximum absolute atomic E-state index is 13.1. The van der Waals surface area contributed by atoms with Crippen LogP contribution >= 0.6 is 0 Å². The lowest BCUT2D eigenvalue weighted by molar-refractivity contribution is -0.193. The Labute approximate surface area is 272 Å². The van der Waals surface area contributed by atoms with Crippen molar-refractivity contribution in [1.29, 1.82) is 0 Å². The van der Waals surface area contributed by atoms with Crippen molar-refractivity contribution in [3.63, 3.8) is 0 Å². The van der Waals surface area contributed by atoms with Gasteiger partial charge in [0.1, 0.15) is 5.82 Å². The van der Waals surface area contributed by atoms with E-state index in [-0.39, 0.29) is 5.91 Å². The van der Waals surface area contributed by atoms with Crippen molar-refractivity contribution in [2.45, 2.75) is 50.8 Å². The van der Waals surface area contributed by atoms with Crippen LogP contribution in [0.2, 0.25) is 0 Å². The summed E-state index contributed by atoms with van der Waals surface area (Å²) in [4.78, 5) is 55.4. The summed E-state index contributed by atoms with van der Waals surface area (Å²) >= 11 is 0. The third-order valence-electron chi connectivity index (χ3n) is 6.44. The van der Waals surface area contributed by atoms with E-state index in [0.29, 0.717) is 0 Å². The number of fused-ring (bicyclic) bond motifs is 1. The maximum atomic E-state index is 13.1. The van der Waals surface area contributed by atoms with Gasteiger partial charge in [0.05, 0.1) is 5.56 Å². The molecule has 0 unspecified atom stereocenters. The van der Waals surface area contributed by atoms with E-state index in [1.807, 2.05) is 42.4 Å². The average Bonchev–Trinajstić information content (AvgIpc) is 3.46. The zero-order chi connectivity index (χ0) is 37.7. The van der Waals surface area contributed by atoms with Crippen LogP contribution < -0.4 is 4.90 Å². The Hall–Kier alpha value is -4.69. The number of alkyl halides is 9. The smallest absolute Gasteiger partial charge is 0.475 e. The van der Waals surface area contributed by atoms with Crippen LogP contribution in [0, 0.1) is 0 Å². The molecule has 1 amide bonds. The predicted molar refractivity (Wildman–Crippen MR) is 152 cm³/mol. The largest absolute Gasteiger partial charge is 0.490 e. The van der Waals surface area contributed by atoms with Gasteiger partial charge in [-0.25, -0.2) is 19.4 Å². The first-order valence-electron chi connectivity index (χ1n) is 14.0. The highest BCUT2D eigenvalue weighted by Gasteiger charge is 2.39. The van der Waals surface area contributed by atoms with Gasteiger partial charge >= 0.3 is 36.4 Å². The summed E-state index contributed by atoms with van der Waals surface area (Å²) in [6, 6.07) is 6.23. The van der Waals surface area contributed by atoms with E-state index < -0.39 is 36.4 Å². The molecule has 2 aliphatic heterocycles. The molecule has 0 bridgehead atoms. The number of halogens is 9. The number of pyridine rings is 2. The Morgan fingerprint density at radius 3 is 1.67 bits per heavy atom. The van der Waals surface area contributed by atoms with Gasteiger partial charge in [-0.2, -0.15) is 39.5 Å².